The Labute approximate surface area is 362 Å². The Morgan fingerprint density at radius 1 is 0.547 bits per heavy atom. The summed E-state index contributed by atoms with van der Waals surface area (Å²) in [6, 6.07) is 21.8. The highest BCUT2D eigenvalue weighted by atomic mass is 19.4. The smallest absolute Gasteiger partial charge is 0.333 e. The van der Waals surface area contributed by atoms with Crippen molar-refractivity contribution in [2.75, 3.05) is 36.0 Å². The lowest BCUT2D eigenvalue weighted by atomic mass is 9.94. The molecule has 2 atom stereocenters. The topological polar surface area (TPSA) is 153 Å². The maximum absolute atomic E-state index is 14.1. The second-order valence-electron chi connectivity index (χ2n) is 15.6. The van der Waals surface area contributed by atoms with Crippen molar-refractivity contribution >= 4 is 35.3 Å². The van der Waals surface area contributed by atoms with Gasteiger partial charge in [-0.25, -0.2) is 9.59 Å². The molecule has 8 rings (SSSR count). The SMILES string of the molecule is N#Cc1ccc([C@H]2NC(=O)N(c3cccc(C(F)(F)F)c3)C3=C2C(=O)N(CCCCCCN2CC4=C(C2=O)[C@@H](c2ccc(C#N)cc2)NC(=O)N4c2cccc(C(F)(F)F)c2)C3)cc1. The van der Waals surface area contributed by atoms with E-state index in [1.807, 2.05) is 12.1 Å². The fourth-order valence-corrected chi connectivity index (χ4v) is 8.50. The van der Waals surface area contributed by atoms with Gasteiger partial charge in [0.05, 0.1) is 93.5 Å². The molecular weight excluding hydrogens is 843 g/mol. The highest BCUT2D eigenvalue weighted by Gasteiger charge is 2.47. The molecule has 4 aliphatic rings. The summed E-state index contributed by atoms with van der Waals surface area (Å²) >= 11 is 0. The molecule has 0 bridgehead atoms. The Morgan fingerprint density at radius 2 is 0.922 bits per heavy atom. The van der Waals surface area contributed by atoms with Crippen molar-refractivity contribution < 1.29 is 45.5 Å². The average molecular weight is 879 g/mol. The van der Waals surface area contributed by atoms with Crippen molar-refractivity contribution in [3.63, 3.8) is 0 Å². The van der Waals surface area contributed by atoms with Crippen LogP contribution in [-0.2, 0) is 21.9 Å². The molecule has 0 aliphatic carbocycles. The largest absolute Gasteiger partial charge is 0.416 e. The number of carbonyl (C=O) groups excluding carboxylic acids is 4. The number of halogens is 6. The number of amides is 6. The standard InChI is InChI=1S/C46H36F6N8O4/c47-45(48,49)31-7-5-9-33(21-31)59-35-25-57(41(61)37(35)39(55-43(59)63)29-15-11-27(23-53)12-16-29)19-3-1-2-4-20-58-26-36-38(42(58)62)40(30-17-13-28(24-54)14-18-30)56-44(64)60(36)34-10-6-8-32(22-34)46(50,51)52/h5-18,21-22,39-40H,1-4,19-20,25-26H2,(H,55,63)(H,56,64)/t39-,40-/m1/s1. The second kappa shape index (κ2) is 16.9. The van der Waals surface area contributed by atoms with E-state index in [-0.39, 0.29) is 60.1 Å². The van der Waals surface area contributed by atoms with Crippen LogP contribution in [-0.4, -0.2) is 59.9 Å². The number of hydrogen-bond donors (Lipinski definition) is 2. The number of nitriles is 2. The summed E-state index contributed by atoms with van der Waals surface area (Å²) in [4.78, 5) is 60.7. The van der Waals surface area contributed by atoms with E-state index in [1.165, 1.54) is 58.3 Å². The molecule has 0 fully saturated rings. The van der Waals surface area contributed by atoms with Crippen LogP contribution >= 0.6 is 0 Å². The molecule has 0 aromatic heterocycles. The number of rotatable bonds is 11. The third-order valence-corrected chi connectivity index (χ3v) is 11.6. The maximum atomic E-state index is 14.1. The molecule has 4 heterocycles. The number of urea groups is 2. The maximum Gasteiger partial charge on any atom is 0.416 e. The number of nitrogens with zero attached hydrogens (tertiary/aromatic N) is 6. The molecule has 4 aromatic rings. The Hall–Kier alpha value is -7.60. The third-order valence-electron chi connectivity index (χ3n) is 11.6. The highest BCUT2D eigenvalue weighted by molar-refractivity contribution is 6.08. The van der Waals surface area contributed by atoms with Crippen molar-refractivity contribution in [2.24, 2.45) is 0 Å². The van der Waals surface area contributed by atoms with Gasteiger partial charge in [0.2, 0.25) is 0 Å². The fourth-order valence-electron chi connectivity index (χ4n) is 8.50. The van der Waals surface area contributed by atoms with Crippen molar-refractivity contribution in [3.8, 4) is 12.1 Å². The Kier molecular flexibility index (Phi) is 11.4. The van der Waals surface area contributed by atoms with Crippen LogP contribution in [0.2, 0.25) is 0 Å². The number of unbranched alkanes of at least 4 members (excludes halogenated alkanes) is 3. The van der Waals surface area contributed by atoms with Gasteiger partial charge in [0.15, 0.2) is 0 Å². The van der Waals surface area contributed by atoms with Crippen LogP contribution in [0.3, 0.4) is 0 Å². The monoisotopic (exact) mass is 878 g/mol. The predicted molar refractivity (Wildman–Crippen MR) is 218 cm³/mol. The number of anilines is 2. The van der Waals surface area contributed by atoms with Gasteiger partial charge in [0, 0.05) is 13.1 Å². The molecule has 0 saturated heterocycles. The number of hydrogen-bond acceptors (Lipinski definition) is 6. The molecule has 12 nitrogen and oxygen atoms in total. The van der Waals surface area contributed by atoms with E-state index in [0.717, 1.165) is 34.1 Å². The molecule has 0 unspecified atom stereocenters. The summed E-state index contributed by atoms with van der Waals surface area (Å²) in [5.41, 5.74) is 0.504. The summed E-state index contributed by atoms with van der Waals surface area (Å²) < 4.78 is 82.3. The van der Waals surface area contributed by atoms with Crippen molar-refractivity contribution in [1.82, 2.24) is 20.4 Å². The summed E-state index contributed by atoms with van der Waals surface area (Å²) in [5.74, 6) is -0.822. The lowest BCUT2D eigenvalue weighted by Crippen LogP contribution is -2.47. The minimum Gasteiger partial charge on any atom is -0.333 e. The van der Waals surface area contributed by atoms with Crippen molar-refractivity contribution in [2.45, 2.75) is 50.1 Å². The minimum absolute atomic E-state index is 0.0559. The van der Waals surface area contributed by atoms with Gasteiger partial charge in [0.1, 0.15) is 0 Å². The minimum atomic E-state index is -4.68. The second-order valence-corrected chi connectivity index (χ2v) is 15.6. The summed E-state index contributed by atoms with van der Waals surface area (Å²) in [7, 11) is 0. The molecule has 4 aliphatic heterocycles. The van der Waals surface area contributed by atoms with Crippen molar-refractivity contribution in [3.05, 3.63) is 153 Å². The van der Waals surface area contributed by atoms with E-state index in [1.54, 1.807) is 24.3 Å². The molecular formula is C46H36F6N8O4. The van der Waals surface area contributed by atoms with Crippen LogP contribution in [0.5, 0.6) is 0 Å². The van der Waals surface area contributed by atoms with E-state index in [4.69, 9.17) is 0 Å². The van der Waals surface area contributed by atoms with Gasteiger partial charge in [-0.2, -0.15) is 36.9 Å². The first-order valence-corrected chi connectivity index (χ1v) is 20.2. The normalized spacial score (nSPS) is 18.8. The Bertz CT molecular complexity index is 2510. The van der Waals surface area contributed by atoms with Crippen LogP contribution in [0.1, 0.15) is 71.1 Å². The predicted octanol–water partition coefficient (Wildman–Crippen LogP) is 8.46. The quantitative estimate of drug-likeness (QED) is 0.114. The molecule has 0 spiro atoms. The van der Waals surface area contributed by atoms with Gasteiger partial charge in [-0.05, 0) is 84.6 Å². The number of carbonyl (C=O) groups is 4. The van der Waals surface area contributed by atoms with E-state index in [0.29, 0.717) is 47.9 Å². The zero-order chi connectivity index (χ0) is 45.5. The first-order chi connectivity index (χ1) is 30.6. The Morgan fingerprint density at radius 3 is 1.27 bits per heavy atom. The van der Waals surface area contributed by atoms with Crippen molar-refractivity contribution in [1.29, 1.82) is 10.5 Å². The molecule has 0 radical (unpaired) electrons. The summed E-state index contributed by atoms with van der Waals surface area (Å²) in [6.45, 7) is 0.362. The summed E-state index contributed by atoms with van der Waals surface area (Å²) in [6.07, 6.45) is -7.22. The number of alkyl halides is 6. The number of benzene rings is 4. The lowest BCUT2D eigenvalue weighted by molar-refractivity contribution is -0.138. The van der Waals surface area contributed by atoms with Crippen LogP contribution in [0, 0.1) is 22.7 Å². The lowest BCUT2D eigenvalue weighted by Gasteiger charge is -2.34. The zero-order valence-electron chi connectivity index (χ0n) is 33.6. The molecule has 64 heavy (non-hydrogen) atoms. The molecule has 6 amide bonds. The van der Waals surface area contributed by atoms with Gasteiger partial charge >= 0.3 is 24.4 Å². The van der Waals surface area contributed by atoms with E-state index in [2.05, 4.69) is 10.6 Å². The first kappa shape index (κ1) is 43.1. The summed E-state index contributed by atoms with van der Waals surface area (Å²) in [5, 5.41) is 24.1. The van der Waals surface area contributed by atoms with E-state index in [9.17, 15) is 56.0 Å². The molecule has 0 saturated carbocycles. The van der Waals surface area contributed by atoms with Gasteiger partial charge in [0.25, 0.3) is 11.8 Å². The van der Waals surface area contributed by atoms with Crippen LogP contribution in [0.15, 0.2) is 120 Å². The first-order valence-electron chi connectivity index (χ1n) is 20.2. The van der Waals surface area contributed by atoms with Gasteiger partial charge in [-0.3, -0.25) is 19.4 Å². The van der Waals surface area contributed by atoms with Crippen LogP contribution in [0.4, 0.5) is 47.3 Å². The highest BCUT2D eigenvalue weighted by Crippen LogP contribution is 2.42. The van der Waals surface area contributed by atoms with Crippen LogP contribution in [0.25, 0.3) is 0 Å². The molecule has 18 heteroatoms. The fraction of sp³-hybridized carbons (Fsp3) is 0.261. The zero-order valence-corrected chi connectivity index (χ0v) is 33.6. The Balaban J connectivity index is 0.949. The molecule has 326 valence electrons. The van der Waals surface area contributed by atoms with Crippen LogP contribution < -0.4 is 20.4 Å². The van der Waals surface area contributed by atoms with E-state index >= 15 is 0 Å². The van der Waals surface area contributed by atoms with Gasteiger partial charge < -0.3 is 20.4 Å². The van der Waals surface area contributed by atoms with Gasteiger partial charge in [-0.1, -0.05) is 49.2 Å². The molecule has 4 aromatic carbocycles. The third kappa shape index (κ3) is 8.22. The van der Waals surface area contributed by atoms with Gasteiger partial charge in [-0.15, -0.1) is 0 Å². The molecule has 2 N–H and O–H groups in total. The average Bonchev–Trinajstić information content (AvgIpc) is 3.78. The van der Waals surface area contributed by atoms with E-state index < -0.39 is 59.4 Å². The number of nitrogens with one attached hydrogen (secondary N) is 2.